The van der Waals surface area contributed by atoms with Crippen molar-refractivity contribution in [3.63, 3.8) is 0 Å². The van der Waals surface area contributed by atoms with Crippen LogP contribution in [-0.4, -0.2) is 60.6 Å². The predicted octanol–water partition coefficient (Wildman–Crippen LogP) is 2.38. The second kappa shape index (κ2) is 7.61. The summed E-state index contributed by atoms with van der Waals surface area (Å²) in [6.07, 6.45) is 0. The van der Waals surface area contributed by atoms with E-state index in [1.807, 2.05) is 10.6 Å². The van der Waals surface area contributed by atoms with Gasteiger partial charge in [-0.15, -0.1) is 0 Å². The average Bonchev–Trinajstić information content (AvgIpc) is 3.11. The largest absolute Gasteiger partial charge is 0.354 e. The van der Waals surface area contributed by atoms with Crippen LogP contribution in [0.4, 0.5) is 5.82 Å². The molecule has 0 bridgehead atoms. The molecule has 2 aromatic carbocycles. The van der Waals surface area contributed by atoms with E-state index in [9.17, 15) is 0 Å². The highest BCUT2D eigenvalue weighted by Gasteiger charge is 2.22. The van der Waals surface area contributed by atoms with Crippen LogP contribution in [0.25, 0.3) is 28.0 Å². The van der Waals surface area contributed by atoms with Crippen molar-refractivity contribution in [1.82, 2.24) is 19.5 Å². The van der Waals surface area contributed by atoms with E-state index in [0.717, 1.165) is 65.7 Å². The molecule has 0 N–H and O–H groups in total. The third kappa shape index (κ3) is 3.37. The van der Waals surface area contributed by atoms with Crippen LogP contribution in [0, 0.1) is 6.92 Å². The Balaban J connectivity index is 1.74. The number of hydrogen-bond donors (Lipinski definition) is 0. The Bertz CT molecular complexity index is 1180. The topological polar surface area (TPSA) is 36.7 Å². The minimum absolute atomic E-state index is 0.923. The lowest BCUT2D eigenvalue weighted by Gasteiger charge is -2.34. The van der Waals surface area contributed by atoms with Gasteiger partial charge in [0.15, 0.2) is 5.65 Å². The van der Waals surface area contributed by atoms with Crippen LogP contribution < -0.4 is 10.4 Å². The van der Waals surface area contributed by atoms with E-state index in [1.165, 1.54) is 5.46 Å². The van der Waals surface area contributed by atoms with Crippen LogP contribution in [-0.2, 0) is 0 Å². The summed E-state index contributed by atoms with van der Waals surface area (Å²) in [6.45, 7) is 6.16. The summed E-state index contributed by atoms with van der Waals surface area (Å²) in [4.78, 5) is 9.91. The lowest BCUT2D eigenvalue weighted by Crippen LogP contribution is -2.45. The van der Waals surface area contributed by atoms with Crippen molar-refractivity contribution in [3.8, 4) is 22.4 Å². The Kier molecular flexibility index (Phi) is 4.79. The first-order chi connectivity index (χ1) is 14.6. The van der Waals surface area contributed by atoms with Gasteiger partial charge < -0.3 is 9.80 Å². The summed E-state index contributed by atoms with van der Waals surface area (Å²) in [6, 6.07) is 21.3. The first kappa shape index (κ1) is 18.9. The van der Waals surface area contributed by atoms with Crippen LogP contribution in [0.2, 0.25) is 0 Å². The molecule has 1 saturated heterocycles. The lowest BCUT2D eigenvalue weighted by molar-refractivity contribution is 0.311. The highest BCUT2D eigenvalue weighted by molar-refractivity contribution is 6.32. The molecule has 1 aliphatic rings. The summed E-state index contributed by atoms with van der Waals surface area (Å²) >= 11 is 0. The number of piperazine rings is 1. The van der Waals surface area contributed by atoms with E-state index < -0.39 is 0 Å². The van der Waals surface area contributed by atoms with Crippen molar-refractivity contribution in [3.05, 3.63) is 66.4 Å². The summed E-state index contributed by atoms with van der Waals surface area (Å²) in [5.74, 6) is 1.12. The van der Waals surface area contributed by atoms with Crippen molar-refractivity contribution < 1.29 is 0 Å². The molecule has 0 amide bonds. The summed E-state index contributed by atoms with van der Waals surface area (Å²) in [5, 5.41) is 4.94. The second-order valence-electron chi connectivity index (χ2n) is 8.22. The maximum atomic E-state index is 5.10. The fraction of sp³-hybridized carbons (Fsp3) is 0.250. The van der Waals surface area contributed by atoms with Gasteiger partial charge in [0, 0.05) is 43.4 Å². The van der Waals surface area contributed by atoms with Crippen molar-refractivity contribution >= 4 is 24.8 Å². The van der Waals surface area contributed by atoms with E-state index in [1.54, 1.807) is 0 Å². The van der Waals surface area contributed by atoms with Crippen LogP contribution >= 0.6 is 0 Å². The lowest BCUT2D eigenvalue weighted by atomic mass is 9.94. The number of nitrogens with zero attached hydrogens (tertiary/aromatic N) is 5. The molecule has 0 spiro atoms. The van der Waals surface area contributed by atoms with E-state index in [-0.39, 0.29) is 0 Å². The highest BCUT2D eigenvalue weighted by atomic mass is 15.4. The van der Waals surface area contributed by atoms with Gasteiger partial charge in [-0.1, -0.05) is 60.1 Å². The zero-order valence-corrected chi connectivity index (χ0v) is 17.8. The molecule has 6 heteroatoms. The Morgan fingerprint density at radius 3 is 2.27 bits per heavy atom. The number of benzene rings is 2. The van der Waals surface area contributed by atoms with Gasteiger partial charge >= 0.3 is 0 Å². The van der Waals surface area contributed by atoms with E-state index >= 15 is 0 Å². The zero-order chi connectivity index (χ0) is 20.7. The minimum atomic E-state index is 0.923. The molecule has 3 heterocycles. The third-order valence-electron chi connectivity index (χ3n) is 5.98. The molecule has 30 heavy (non-hydrogen) atoms. The maximum absolute atomic E-state index is 5.10. The number of likely N-dealkylation sites (N-methyl/N-ethyl adjacent to an activating group) is 1. The number of hydrogen-bond acceptors (Lipinski definition) is 4. The van der Waals surface area contributed by atoms with Crippen LogP contribution in [0.15, 0.2) is 60.7 Å². The van der Waals surface area contributed by atoms with Crippen molar-refractivity contribution in [2.75, 3.05) is 38.1 Å². The molecule has 0 unspecified atom stereocenters. The Hall–Kier alpha value is -3.12. The zero-order valence-electron chi connectivity index (χ0n) is 17.8. The van der Waals surface area contributed by atoms with Gasteiger partial charge in [0.1, 0.15) is 13.7 Å². The molecule has 5 rings (SSSR count). The fourth-order valence-electron chi connectivity index (χ4n) is 4.18. The molecular weight excluding hydrogens is 369 g/mol. The smallest absolute Gasteiger partial charge is 0.166 e. The SMILES string of the molecule is Bc1ccc(-c2c(C)nn3c(N4CCN(C)CC4)cc(-c4ccccc4)nc23)cc1. The monoisotopic (exact) mass is 395 g/mol. The van der Waals surface area contributed by atoms with Crippen LogP contribution in [0.5, 0.6) is 0 Å². The van der Waals surface area contributed by atoms with Gasteiger partial charge in [-0.25, -0.2) is 4.98 Å². The number of rotatable bonds is 3. The van der Waals surface area contributed by atoms with Gasteiger partial charge in [0.2, 0.25) is 0 Å². The average molecular weight is 395 g/mol. The van der Waals surface area contributed by atoms with Crippen LogP contribution in [0.3, 0.4) is 0 Å². The number of anilines is 1. The normalized spacial score (nSPS) is 15.1. The molecule has 150 valence electrons. The van der Waals surface area contributed by atoms with E-state index in [2.05, 4.69) is 86.2 Å². The second-order valence-corrected chi connectivity index (χ2v) is 8.22. The van der Waals surface area contributed by atoms with E-state index in [4.69, 9.17) is 10.1 Å². The van der Waals surface area contributed by atoms with Gasteiger partial charge in [0.25, 0.3) is 0 Å². The molecule has 4 aromatic rings. The number of aromatic nitrogens is 3. The molecule has 1 fully saturated rings. The quantitative estimate of drug-likeness (QED) is 0.500. The molecule has 0 aliphatic carbocycles. The van der Waals surface area contributed by atoms with Crippen LogP contribution in [0.1, 0.15) is 5.69 Å². The predicted molar refractivity (Wildman–Crippen MR) is 126 cm³/mol. The summed E-state index contributed by atoms with van der Waals surface area (Å²) in [5.41, 5.74) is 7.58. The molecule has 0 atom stereocenters. The summed E-state index contributed by atoms with van der Waals surface area (Å²) in [7, 11) is 4.30. The number of aryl methyl sites for hydroxylation is 1. The molecular formula is C24H26BN5. The van der Waals surface area contributed by atoms with Gasteiger partial charge in [0.05, 0.1) is 11.4 Å². The highest BCUT2D eigenvalue weighted by Crippen LogP contribution is 2.32. The van der Waals surface area contributed by atoms with Crippen molar-refractivity contribution in [1.29, 1.82) is 0 Å². The van der Waals surface area contributed by atoms with Crippen molar-refractivity contribution in [2.24, 2.45) is 0 Å². The first-order valence-electron chi connectivity index (χ1n) is 10.6. The van der Waals surface area contributed by atoms with Gasteiger partial charge in [-0.05, 0) is 19.5 Å². The molecule has 5 nitrogen and oxygen atoms in total. The van der Waals surface area contributed by atoms with Gasteiger partial charge in [-0.2, -0.15) is 9.61 Å². The molecule has 0 radical (unpaired) electrons. The van der Waals surface area contributed by atoms with Gasteiger partial charge in [-0.3, -0.25) is 0 Å². The molecule has 1 aliphatic heterocycles. The number of fused-ring (bicyclic) bond motifs is 1. The Morgan fingerprint density at radius 1 is 0.867 bits per heavy atom. The third-order valence-corrected chi connectivity index (χ3v) is 5.98. The minimum Gasteiger partial charge on any atom is -0.354 e. The first-order valence-corrected chi connectivity index (χ1v) is 10.6. The maximum Gasteiger partial charge on any atom is 0.166 e. The molecule has 2 aromatic heterocycles. The Labute approximate surface area is 178 Å². The van der Waals surface area contributed by atoms with Crippen molar-refractivity contribution in [2.45, 2.75) is 6.92 Å². The van der Waals surface area contributed by atoms with E-state index in [0.29, 0.717) is 0 Å². The standard InChI is InChI=1S/C24H26BN5/c1-17-23(19-8-10-20(25)11-9-19)24-26-21(18-6-4-3-5-7-18)16-22(30(24)27-17)29-14-12-28(2)13-15-29/h3-11,16H,12-15,25H2,1-2H3. The Morgan fingerprint density at radius 2 is 1.57 bits per heavy atom. The fourth-order valence-corrected chi connectivity index (χ4v) is 4.18. The summed E-state index contributed by atoms with van der Waals surface area (Å²) < 4.78 is 2.04. The molecule has 0 saturated carbocycles.